The fourth-order valence-corrected chi connectivity index (χ4v) is 6.61. The number of rotatable bonds is 6. The van der Waals surface area contributed by atoms with Gasteiger partial charge in [0.25, 0.3) is 0 Å². The minimum Gasteiger partial charge on any atom is -0.465 e. The molecule has 2 bridgehead atoms. The molecule has 3 saturated carbocycles. The molecular weight excluding hydrogens is 416 g/mol. The number of Topliss-reactive ketones (excluding diaryl/α,β-unsaturated/α-hetero) is 1. The summed E-state index contributed by atoms with van der Waals surface area (Å²) in [6, 6.07) is 10.0. The second-order valence-electron chi connectivity index (χ2n) is 11.7. The van der Waals surface area contributed by atoms with Crippen LogP contribution >= 0.6 is 0 Å². The molecule has 0 N–H and O–H groups in total. The van der Waals surface area contributed by atoms with E-state index in [9.17, 15) is 14.4 Å². The molecule has 0 saturated heterocycles. The maximum Gasteiger partial charge on any atom is 0.323 e. The first-order valence-corrected chi connectivity index (χ1v) is 12.0. The highest BCUT2D eigenvalue weighted by molar-refractivity contribution is 6.13. The van der Waals surface area contributed by atoms with Gasteiger partial charge in [0.15, 0.2) is 11.6 Å². The smallest absolute Gasteiger partial charge is 0.323 e. The van der Waals surface area contributed by atoms with Crippen LogP contribution in [0.1, 0.15) is 66.4 Å². The zero-order chi connectivity index (χ0) is 24.2. The van der Waals surface area contributed by atoms with Crippen LogP contribution in [0.4, 0.5) is 0 Å². The first-order chi connectivity index (χ1) is 15.4. The molecule has 178 valence electrons. The van der Waals surface area contributed by atoms with E-state index in [1.54, 1.807) is 13.0 Å². The van der Waals surface area contributed by atoms with Crippen molar-refractivity contribution in [2.45, 2.75) is 73.5 Å². The normalized spacial score (nSPS) is 33.4. The summed E-state index contributed by atoms with van der Waals surface area (Å²) in [5, 5.41) is 0. The summed E-state index contributed by atoms with van der Waals surface area (Å²) < 4.78 is 12.0. The van der Waals surface area contributed by atoms with Crippen molar-refractivity contribution in [2.75, 3.05) is 6.61 Å². The van der Waals surface area contributed by atoms with Gasteiger partial charge in [0, 0.05) is 17.3 Å². The van der Waals surface area contributed by atoms with Crippen molar-refractivity contribution >= 4 is 17.5 Å². The molecule has 5 heteroatoms. The Bertz CT molecular complexity index is 999. The minimum absolute atomic E-state index is 0.0164. The van der Waals surface area contributed by atoms with Crippen molar-refractivity contribution in [1.82, 2.24) is 0 Å². The third-order valence-electron chi connectivity index (χ3n) is 8.00. The van der Waals surface area contributed by atoms with E-state index in [1.165, 1.54) is 0 Å². The van der Waals surface area contributed by atoms with Crippen LogP contribution in [-0.4, -0.2) is 30.2 Å². The Hall–Kier alpha value is -2.27. The molecule has 1 aromatic rings. The van der Waals surface area contributed by atoms with Crippen molar-refractivity contribution in [3.05, 3.63) is 47.5 Å². The van der Waals surface area contributed by atoms with Gasteiger partial charge in [-0.2, -0.15) is 0 Å². The number of esters is 1. The van der Waals surface area contributed by atoms with E-state index in [0.29, 0.717) is 25.0 Å². The minimum atomic E-state index is -1.35. The standard InChI is InChI=1S/C28H36O5/c1-7-32-24(31)28-14-19-23(33-16-18-11-9-8-10-12-18)26(5,6)17-27(19,15-22(28)30)20(28)13-21(29)25(2,3)4/h8-13,19,23H,7,14-17H2,1-6H3/t19-,23-,27+,28-/m1/s1. The first-order valence-electron chi connectivity index (χ1n) is 12.0. The van der Waals surface area contributed by atoms with Crippen LogP contribution in [0, 0.1) is 27.6 Å². The second kappa shape index (κ2) is 7.90. The second-order valence-corrected chi connectivity index (χ2v) is 11.7. The highest BCUT2D eigenvalue weighted by atomic mass is 16.5. The molecule has 5 nitrogen and oxygen atoms in total. The lowest BCUT2D eigenvalue weighted by molar-refractivity contribution is -0.158. The molecule has 0 radical (unpaired) electrons. The van der Waals surface area contributed by atoms with Gasteiger partial charge in [-0.25, -0.2) is 0 Å². The number of fused-ring (bicyclic) bond motifs is 1. The van der Waals surface area contributed by atoms with E-state index in [2.05, 4.69) is 13.8 Å². The number of hydrogen-bond donors (Lipinski definition) is 0. The highest BCUT2D eigenvalue weighted by Gasteiger charge is 2.77. The van der Waals surface area contributed by atoms with Gasteiger partial charge in [-0.15, -0.1) is 0 Å². The van der Waals surface area contributed by atoms with Gasteiger partial charge in [-0.1, -0.05) is 65.0 Å². The number of ketones is 2. The summed E-state index contributed by atoms with van der Waals surface area (Å²) in [5.41, 5.74) is -0.914. The van der Waals surface area contributed by atoms with Crippen molar-refractivity contribution in [1.29, 1.82) is 0 Å². The van der Waals surface area contributed by atoms with Gasteiger partial charge in [-0.3, -0.25) is 14.4 Å². The number of allylic oxidation sites excluding steroid dienone is 1. The Balaban J connectivity index is 1.78. The average Bonchev–Trinajstić information content (AvgIpc) is 3.20. The SMILES string of the molecule is CCOC(=O)[C@@]12C[C@@H]3[C@@H](OCc4ccccc4)C(C)(C)C[C@]3(CC1=O)C2=CC(=O)C(C)(C)C. The van der Waals surface area contributed by atoms with Gasteiger partial charge < -0.3 is 9.47 Å². The van der Waals surface area contributed by atoms with Gasteiger partial charge in [0.05, 0.1) is 19.3 Å². The molecule has 33 heavy (non-hydrogen) atoms. The molecule has 0 aromatic heterocycles. The highest BCUT2D eigenvalue weighted by Crippen LogP contribution is 2.75. The molecule has 3 aliphatic carbocycles. The topological polar surface area (TPSA) is 69.7 Å². The van der Waals surface area contributed by atoms with Gasteiger partial charge in [0.2, 0.25) is 0 Å². The molecule has 4 rings (SSSR count). The molecule has 0 unspecified atom stereocenters. The Morgan fingerprint density at radius 1 is 1.15 bits per heavy atom. The van der Waals surface area contributed by atoms with E-state index < -0.39 is 22.2 Å². The third kappa shape index (κ3) is 3.60. The van der Waals surface area contributed by atoms with Gasteiger partial charge in [-0.05, 0) is 48.3 Å². The quantitative estimate of drug-likeness (QED) is 0.342. The maximum absolute atomic E-state index is 13.5. The van der Waals surface area contributed by atoms with Crippen molar-refractivity contribution < 1.29 is 23.9 Å². The van der Waals surface area contributed by atoms with Crippen molar-refractivity contribution in [3.8, 4) is 0 Å². The van der Waals surface area contributed by atoms with Crippen LogP contribution < -0.4 is 0 Å². The molecule has 3 aliphatic rings. The number of carbonyl (C=O) groups excluding carboxylic acids is 3. The number of ether oxygens (including phenoxy) is 2. The van der Waals surface area contributed by atoms with E-state index in [4.69, 9.17) is 9.47 Å². The third-order valence-corrected chi connectivity index (χ3v) is 8.00. The van der Waals surface area contributed by atoms with Crippen LogP contribution in [0.15, 0.2) is 42.0 Å². The Morgan fingerprint density at radius 3 is 2.42 bits per heavy atom. The van der Waals surface area contributed by atoms with Crippen LogP contribution in [0.3, 0.4) is 0 Å². The lowest BCUT2D eigenvalue weighted by Gasteiger charge is -2.34. The zero-order valence-corrected chi connectivity index (χ0v) is 20.7. The number of benzene rings is 1. The molecule has 0 aliphatic heterocycles. The van der Waals surface area contributed by atoms with E-state index in [1.807, 2.05) is 51.1 Å². The first kappa shape index (κ1) is 23.9. The molecule has 0 heterocycles. The lowest BCUT2D eigenvalue weighted by atomic mass is 9.74. The summed E-state index contributed by atoms with van der Waals surface area (Å²) in [7, 11) is 0. The summed E-state index contributed by atoms with van der Waals surface area (Å²) in [6.45, 7) is 12.4. The summed E-state index contributed by atoms with van der Waals surface area (Å²) in [5.74, 6) is -0.691. The zero-order valence-electron chi connectivity index (χ0n) is 20.7. The molecule has 3 fully saturated rings. The van der Waals surface area contributed by atoms with Crippen LogP contribution in [0.25, 0.3) is 0 Å². The molecule has 1 spiro atoms. The molecule has 0 amide bonds. The maximum atomic E-state index is 13.5. The lowest BCUT2D eigenvalue weighted by Crippen LogP contribution is -2.42. The largest absolute Gasteiger partial charge is 0.465 e. The molecule has 4 atom stereocenters. The summed E-state index contributed by atoms with van der Waals surface area (Å²) >= 11 is 0. The van der Waals surface area contributed by atoms with Crippen LogP contribution in [-0.2, 0) is 30.5 Å². The predicted octanol–water partition coefficient (Wildman–Crippen LogP) is 5.07. The predicted molar refractivity (Wildman–Crippen MR) is 125 cm³/mol. The Kier molecular flexibility index (Phi) is 5.72. The van der Waals surface area contributed by atoms with Crippen LogP contribution in [0.2, 0.25) is 0 Å². The fraction of sp³-hybridized carbons (Fsp3) is 0.607. The van der Waals surface area contributed by atoms with Crippen molar-refractivity contribution in [2.24, 2.45) is 27.6 Å². The number of carbonyl (C=O) groups is 3. The van der Waals surface area contributed by atoms with E-state index >= 15 is 0 Å². The summed E-state index contributed by atoms with van der Waals surface area (Å²) in [6.07, 6.45) is 2.83. The summed E-state index contributed by atoms with van der Waals surface area (Å²) in [4.78, 5) is 39.9. The molecular formula is C28H36O5. The Morgan fingerprint density at radius 2 is 1.82 bits per heavy atom. The van der Waals surface area contributed by atoms with E-state index in [-0.39, 0.29) is 42.0 Å². The average molecular weight is 453 g/mol. The van der Waals surface area contributed by atoms with Crippen molar-refractivity contribution in [3.63, 3.8) is 0 Å². The van der Waals surface area contributed by atoms with Crippen LogP contribution in [0.5, 0.6) is 0 Å². The fourth-order valence-electron chi connectivity index (χ4n) is 6.61. The number of hydrogen-bond acceptors (Lipinski definition) is 5. The van der Waals surface area contributed by atoms with Gasteiger partial charge >= 0.3 is 5.97 Å². The van der Waals surface area contributed by atoms with Gasteiger partial charge in [0.1, 0.15) is 5.41 Å². The Labute approximate surface area is 196 Å². The van der Waals surface area contributed by atoms with E-state index in [0.717, 1.165) is 5.56 Å². The monoisotopic (exact) mass is 452 g/mol. The molecule has 1 aromatic carbocycles.